The minimum absolute atomic E-state index is 0.782. The van der Waals surface area contributed by atoms with E-state index in [2.05, 4.69) is 0 Å². The normalized spacial score (nSPS) is 11.9. The maximum atomic E-state index is 13.1. The number of carboxylic acid groups (broad SMARTS) is 1. The summed E-state index contributed by atoms with van der Waals surface area (Å²) >= 11 is 0. The topological polar surface area (TPSA) is 66.4 Å². The molecule has 0 saturated carbocycles. The highest BCUT2D eigenvalue weighted by atomic mass is 19.1. The van der Waals surface area contributed by atoms with Crippen LogP contribution in [0.2, 0.25) is 0 Å². The molecule has 0 aromatic heterocycles. The second-order valence-electron chi connectivity index (χ2n) is 3.13. The predicted octanol–water partition coefficient (Wildman–Crippen LogP) is 1.17. The van der Waals surface area contributed by atoms with Gasteiger partial charge < -0.3 is 10.4 Å². The Morgan fingerprint density at radius 3 is 2.25 bits per heavy atom. The van der Waals surface area contributed by atoms with E-state index < -0.39 is 35.1 Å². The Kier molecular flexibility index (Phi) is 3.55. The van der Waals surface area contributed by atoms with E-state index in [1.54, 1.807) is 0 Å². The number of hydrogen-bond acceptors (Lipinski definition) is 2. The van der Waals surface area contributed by atoms with Crippen molar-refractivity contribution in [3.63, 3.8) is 0 Å². The Hall–Kier alpha value is -1.98. The van der Waals surface area contributed by atoms with Gasteiger partial charge in [0.25, 0.3) is 5.91 Å². The van der Waals surface area contributed by atoms with Crippen LogP contribution in [-0.4, -0.2) is 23.0 Å². The lowest BCUT2D eigenvalue weighted by Crippen LogP contribution is -2.39. The number of benzene rings is 1. The zero-order chi connectivity index (χ0) is 12.3. The highest BCUT2D eigenvalue weighted by Crippen LogP contribution is 2.11. The molecule has 6 heteroatoms. The molecule has 0 aliphatic carbocycles. The minimum Gasteiger partial charge on any atom is -0.480 e. The fourth-order valence-corrected chi connectivity index (χ4v) is 1.05. The summed E-state index contributed by atoms with van der Waals surface area (Å²) in [5.74, 6) is -4.44. The molecular weight excluding hydrogens is 220 g/mol. The average molecular weight is 229 g/mol. The zero-order valence-corrected chi connectivity index (χ0v) is 8.33. The van der Waals surface area contributed by atoms with Crippen LogP contribution in [-0.2, 0) is 4.79 Å². The molecule has 16 heavy (non-hydrogen) atoms. The molecule has 0 unspecified atom stereocenters. The van der Waals surface area contributed by atoms with Crippen molar-refractivity contribution in [1.29, 1.82) is 0 Å². The van der Waals surface area contributed by atoms with Gasteiger partial charge in [0.15, 0.2) is 0 Å². The molecule has 0 aliphatic rings. The second kappa shape index (κ2) is 4.69. The lowest BCUT2D eigenvalue weighted by Gasteiger charge is -2.10. The predicted molar refractivity (Wildman–Crippen MR) is 50.9 cm³/mol. The smallest absolute Gasteiger partial charge is 0.325 e. The summed E-state index contributed by atoms with van der Waals surface area (Å²) in [4.78, 5) is 21.8. The molecule has 1 amide bonds. The van der Waals surface area contributed by atoms with Gasteiger partial charge in [-0.1, -0.05) is 6.07 Å². The van der Waals surface area contributed by atoms with Gasteiger partial charge in [-0.15, -0.1) is 0 Å². The monoisotopic (exact) mass is 229 g/mol. The van der Waals surface area contributed by atoms with Gasteiger partial charge in [0.2, 0.25) is 0 Å². The molecule has 0 heterocycles. The van der Waals surface area contributed by atoms with Crippen molar-refractivity contribution in [1.82, 2.24) is 5.32 Å². The molecule has 0 aliphatic heterocycles. The van der Waals surface area contributed by atoms with E-state index in [9.17, 15) is 18.4 Å². The summed E-state index contributed by atoms with van der Waals surface area (Å²) in [6.45, 7) is 1.19. The number of nitrogens with one attached hydrogen (secondary N) is 1. The summed E-state index contributed by atoms with van der Waals surface area (Å²) in [5.41, 5.74) is -0.782. The molecule has 1 aromatic carbocycles. The van der Waals surface area contributed by atoms with Crippen molar-refractivity contribution in [3.05, 3.63) is 35.4 Å². The number of halogens is 2. The second-order valence-corrected chi connectivity index (χ2v) is 3.13. The number of carboxylic acids is 1. The largest absolute Gasteiger partial charge is 0.480 e. The summed E-state index contributed by atoms with van der Waals surface area (Å²) in [5, 5.41) is 10.5. The Balaban J connectivity index is 2.93. The van der Waals surface area contributed by atoms with Crippen LogP contribution in [0.3, 0.4) is 0 Å². The molecule has 0 fully saturated rings. The molecular formula is C10H9F2NO3. The maximum Gasteiger partial charge on any atom is 0.325 e. The van der Waals surface area contributed by atoms with Gasteiger partial charge in [-0.3, -0.25) is 9.59 Å². The highest BCUT2D eigenvalue weighted by molar-refractivity contribution is 5.96. The molecule has 0 bridgehead atoms. The van der Waals surface area contributed by atoms with Crippen LogP contribution in [0.25, 0.3) is 0 Å². The van der Waals surface area contributed by atoms with Crippen molar-refractivity contribution in [2.75, 3.05) is 0 Å². The zero-order valence-electron chi connectivity index (χ0n) is 8.33. The van der Waals surface area contributed by atoms with Crippen molar-refractivity contribution >= 4 is 11.9 Å². The first-order valence-electron chi connectivity index (χ1n) is 4.41. The summed E-state index contributed by atoms with van der Waals surface area (Å²) in [6, 6.07) is 1.74. The molecule has 4 nitrogen and oxygen atoms in total. The molecule has 2 N–H and O–H groups in total. The third-order valence-electron chi connectivity index (χ3n) is 1.91. The third kappa shape index (κ3) is 2.53. The third-order valence-corrected chi connectivity index (χ3v) is 1.91. The number of amides is 1. The van der Waals surface area contributed by atoms with E-state index in [-0.39, 0.29) is 0 Å². The first kappa shape index (κ1) is 12.1. The summed E-state index contributed by atoms with van der Waals surface area (Å²) < 4.78 is 26.2. The van der Waals surface area contributed by atoms with Crippen LogP contribution in [0.5, 0.6) is 0 Å². The standard InChI is InChI=1S/C10H9F2NO3/c1-5(10(15)16)13-9(14)8-6(11)3-2-4-7(8)12/h2-5H,1H3,(H,13,14)(H,15,16)/t5-/m0/s1. The molecule has 0 saturated heterocycles. The Bertz CT molecular complexity index is 414. The van der Waals surface area contributed by atoms with Gasteiger partial charge in [-0.05, 0) is 19.1 Å². The van der Waals surface area contributed by atoms with Crippen molar-refractivity contribution in [2.24, 2.45) is 0 Å². The van der Waals surface area contributed by atoms with Crippen LogP contribution in [0.1, 0.15) is 17.3 Å². The lowest BCUT2D eigenvalue weighted by atomic mass is 10.1. The fourth-order valence-electron chi connectivity index (χ4n) is 1.05. The Morgan fingerprint density at radius 1 is 1.31 bits per heavy atom. The van der Waals surface area contributed by atoms with Gasteiger partial charge in [-0.2, -0.15) is 0 Å². The van der Waals surface area contributed by atoms with Crippen molar-refractivity contribution < 1.29 is 23.5 Å². The summed E-state index contributed by atoms with van der Waals surface area (Å²) in [6.07, 6.45) is 0. The van der Waals surface area contributed by atoms with Crippen LogP contribution < -0.4 is 5.32 Å². The van der Waals surface area contributed by atoms with Gasteiger partial charge in [0, 0.05) is 0 Å². The van der Waals surface area contributed by atoms with Gasteiger partial charge in [0.1, 0.15) is 23.2 Å². The number of carbonyl (C=O) groups is 2. The highest BCUT2D eigenvalue weighted by Gasteiger charge is 2.20. The lowest BCUT2D eigenvalue weighted by molar-refractivity contribution is -0.138. The van der Waals surface area contributed by atoms with Crippen LogP contribution in [0, 0.1) is 11.6 Å². The fraction of sp³-hybridized carbons (Fsp3) is 0.200. The molecule has 1 atom stereocenters. The van der Waals surface area contributed by atoms with Crippen LogP contribution in [0.4, 0.5) is 8.78 Å². The van der Waals surface area contributed by atoms with E-state index in [1.165, 1.54) is 6.92 Å². The molecule has 1 aromatic rings. The van der Waals surface area contributed by atoms with E-state index in [1.807, 2.05) is 5.32 Å². The Morgan fingerprint density at radius 2 is 1.81 bits per heavy atom. The number of hydrogen-bond donors (Lipinski definition) is 2. The van der Waals surface area contributed by atoms with Crippen molar-refractivity contribution in [2.45, 2.75) is 13.0 Å². The Labute approximate surface area is 89.9 Å². The number of aliphatic carboxylic acids is 1. The first-order valence-corrected chi connectivity index (χ1v) is 4.41. The van der Waals surface area contributed by atoms with Gasteiger partial charge >= 0.3 is 5.97 Å². The summed E-state index contributed by atoms with van der Waals surface area (Å²) in [7, 11) is 0. The SMILES string of the molecule is C[C@H](NC(=O)c1c(F)cccc1F)C(=O)O. The molecule has 86 valence electrons. The van der Waals surface area contributed by atoms with Gasteiger partial charge in [0.05, 0.1) is 0 Å². The van der Waals surface area contributed by atoms with Gasteiger partial charge in [-0.25, -0.2) is 8.78 Å². The van der Waals surface area contributed by atoms with E-state index >= 15 is 0 Å². The van der Waals surface area contributed by atoms with Crippen LogP contribution >= 0.6 is 0 Å². The first-order chi connectivity index (χ1) is 7.43. The quantitative estimate of drug-likeness (QED) is 0.817. The minimum atomic E-state index is -1.29. The van der Waals surface area contributed by atoms with Crippen LogP contribution in [0.15, 0.2) is 18.2 Å². The average Bonchev–Trinajstić information content (AvgIpc) is 2.16. The van der Waals surface area contributed by atoms with Crippen molar-refractivity contribution in [3.8, 4) is 0 Å². The number of carbonyl (C=O) groups excluding carboxylic acids is 1. The maximum absolute atomic E-state index is 13.1. The molecule has 0 radical (unpaired) electrons. The van der Waals surface area contributed by atoms with E-state index in [0.29, 0.717) is 0 Å². The van der Waals surface area contributed by atoms with E-state index in [4.69, 9.17) is 5.11 Å². The molecule has 0 spiro atoms. The molecule has 1 rings (SSSR count). The van der Waals surface area contributed by atoms with E-state index in [0.717, 1.165) is 18.2 Å². The number of rotatable bonds is 3.